The predicted octanol–water partition coefficient (Wildman–Crippen LogP) is 3.61. The van der Waals surface area contributed by atoms with Gasteiger partial charge in [0.15, 0.2) is 0 Å². The van der Waals surface area contributed by atoms with Gasteiger partial charge in [0.25, 0.3) is 11.8 Å². The predicted molar refractivity (Wildman–Crippen MR) is 96.3 cm³/mol. The lowest BCUT2D eigenvalue weighted by Gasteiger charge is -2.27. The molecule has 1 aliphatic rings. The van der Waals surface area contributed by atoms with Gasteiger partial charge in [-0.15, -0.1) is 0 Å². The Hall–Kier alpha value is -2.20. The molecule has 4 heteroatoms. The van der Waals surface area contributed by atoms with Crippen molar-refractivity contribution in [2.75, 3.05) is 19.6 Å². The average molecular weight is 324 g/mol. The zero-order chi connectivity index (χ0) is 16.9. The van der Waals surface area contributed by atoms with Crippen LogP contribution in [0.5, 0.6) is 0 Å². The fraction of sp³-hybridized carbons (Fsp3) is 0.400. The summed E-state index contributed by atoms with van der Waals surface area (Å²) in [5.74, 6) is -0.342. The Bertz CT molecular complexity index is 704. The summed E-state index contributed by atoms with van der Waals surface area (Å²) >= 11 is 0. The maximum Gasteiger partial charge on any atom is 0.261 e. The number of hydrogen-bond acceptors (Lipinski definition) is 3. The van der Waals surface area contributed by atoms with Gasteiger partial charge in [0, 0.05) is 23.1 Å². The Labute approximate surface area is 142 Å². The second kappa shape index (κ2) is 7.58. The molecule has 0 atom stereocenters. The van der Waals surface area contributed by atoms with E-state index in [2.05, 4.69) is 12.2 Å². The molecule has 2 aromatic carbocycles. The number of imide groups is 1. The number of benzene rings is 2. The molecule has 0 aliphatic carbocycles. The molecule has 0 bridgehead atoms. The molecule has 2 amide bonds. The number of hydrogen-bond donors (Lipinski definition) is 1. The molecule has 0 saturated carbocycles. The lowest BCUT2D eigenvalue weighted by atomic mass is 9.94. The summed E-state index contributed by atoms with van der Waals surface area (Å²) in [6.07, 6.45) is 4.40. The smallest absolute Gasteiger partial charge is 0.261 e. The van der Waals surface area contributed by atoms with Gasteiger partial charge < -0.3 is 5.32 Å². The fourth-order valence-corrected chi connectivity index (χ4v) is 3.27. The summed E-state index contributed by atoms with van der Waals surface area (Å²) in [7, 11) is 0. The topological polar surface area (TPSA) is 49.4 Å². The van der Waals surface area contributed by atoms with Gasteiger partial charge in [-0.3, -0.25) is 14.5 Å². The molecule has 0 unspecified atom stereocenters. The molecule has 1 N–H and O–H groups in total. The van der Waals surface area contributed by atoms with Gasteiger partial charge in [-0.05, 0) is 43.5 Å². The molecule has 4 nitrogen and oxygen atoms in total. The molecule has 1 aliphatic heterocycles. The van der Waals surface area contributed by atoms with E-state index in [1.165, 1.54) is 24.2 Å². The molecule has 0 fully saturated rings. The maximum atomic E-state index is 12.7. The van der Waals surface area contributed by atoms with E-state index in [-0.39, 0.29) is 11.8 Å². The normalized spacial score (nSPS) is 13.8. The van der Waals surface area contributed by atoms with Crippen molar-refractivity contribution in [2.24, 2.45) is 0 Å². The van der Waals surface area contributed by atoms with Crippen LogP contribution in [-0.4, -0.2) is 36.3 Å². The van der Waals surface area contributed by atoms with Crippen molar-refractivity contribution in [3.05, 3.63) is 47.5 Å². The molecule has 0 spiro atoms. The van der Waals surface area contributed by atoms with Crippen LogP contribution >= 0.6 is 0 Å². The van der Waals surface area contributed by atoms with Crippen LogP contribution in [0.25, 0.3) is 10.8 Å². The summed E-state index contributed by atoms with van der Waals surface area (Å²) in [5, 5.41) is 5.12. The molecule has 0 saturated heterocycles. The van der Waals surface area contributed by atoms with Gasteiger partial charge in [0.05, 0.1) is 0 Å². The first-order valence-corrected chi connectivity index (χ1v) is 8.82. The van der Waals surface area contributed by atoms with Gasteiger partial charge in [-0.1, -0.05) is 44.0 Å². The summed E-state index contributed by atoms with van der Waals surface area (Å²) in [6.45, 7) is 4.47. The summed E-state index contributed by atoms with van der Waals surface area (Å²) in [4.78, 5) is 26.8. The molecule has 0 radical (unpaired) electrons. The van der Waals surface area contributed by atoms with E-state index in [0.717, 1.165) is 30.3 Å². The van der Waals surface area contributed by atoms with Crippen LogP contribution in [0, 0.1) is 0 Å². The molecule has 3 rings (SSSR count). The highest BCUT2D eigenvalue weighted by Crippen LogP contribution is 2.29. The van der Waals surface area contributed by atoms with Crippen LogP contribution in [-0.2, 0) is 0 Å². The number of unbranched alkanes of at least 4 members (excludes halogenated alkanes) is 2. The number of nitrogens with one attached hydrogen (secondary N) is 1. The molecule has 0 aromatic heterocycles. The van der Waals surface area contributed by atoms with Crippen LogP contribution in [0.4, 0.5) is 0 Å². The number of amides is 2. The second-order valence-corrected chi connectivity index (χ2v) is 6.28. The lowest BCUT2D eigenvalue weighted by molar-refractivity contribution is 0.0609. The molecular formula is C20H24N2O2. The summed E-state index contributed by atoms with van der Waals surface area (Å²) < 4.78 is 0. The van der Waals surface area contributed by atoms with Crippen LogP contribution in [0.3, 0.4) is 0 Å². The minimum absolute atomic E-state index is 0.171. The van der Waals surface area contributed by atoms with E-state index in [9.17, 15) is 9.59 Å². The van der Waals surface area contributed by atoms with Gasteiger partial charge in [-0.25, -0.2) is 0 Å². The Balaban J connectivity index is 1.67. The van der Waals surface area contributed by atoms with E-state index in [1.54, 1.807) is 0 Å². The van der Waals surface area contributed by atoms with Crippen LogP contribution < -0.4 is 5.32 Å². The van der Waals surface area contributed by atoms with Gasteiger partial charge in [-0.2, -0.15) is 0 Å². The van der Waals surface area contributed by atoms with Crippen LogP contribution in [0.1, 0.15) is 53.3 Å². The van der Waals surface area contributed by atoms with E-state index >= 15 is 0 Å². The maximum absolute atomic E-state index is 12.7. The minimum Gasteiger partial charge on any atom is -0.317 e. The number of rotatable bonds is 8. The monoisotopic (exact) mass is 324 g/mol. The zero-order valence-corrected chi connectivity index (χ0v) is 14.2. The molecule has 24 heavy (non-hydrogen) atoms. The minimum atomic E-state index is -0.171. The molecule has 2 aromatic rings. The van der Waals surface area contributed by atoms with Crippen LogP contribution in [0.2, 0.25) is 0 Å². The standard InChI is InChI=1S/C20H24N2O2/c1-2-3-4-12-21-13-7-14-22-19(23)16-10-5-8-15-9-6-11-17(18(15)16)20(22)24/h5-6,8-11,21H,2-4,7,12-14H2,1H3. The Morgan fingerprint density at radius 2 is 1.50 bits per heavy atom. The lowest BCUT2D eigenvalue weighted by Crippen LogP contribution is -2.41. The van der Waals surface area contributed by atoms with Crippen molar-refractivity contribution >= 4 is 22.6 Å². The third kappa shape index (κ3) is 3.20. The first kappa shape index (κ1) is 16.7. The number of nitrogens with zero attached hydrogens (tertiary/aromatic N) is 1. The summed E-state index contributed by atoms with van der Waals surface area (Å²) in [5.41, 5.74) is 1.28. The zero-order valence-electron chi connectivity index (χ0n) is 14.2. The highest BCUT2D eigenvalue weighted by atomic mass is 16.2. The van der Waals surface area contributed by atoms with Gasteiger partial charge in [0.2, 0.25) is 0 Å². The first-order valence-electron chi connectivity index (χ1n) is 8.82. The SMILES string of the molecule is CCCCCNCCCN1C(=O)c2cccc3cccc(c23)C1=O. The van der Waals surface area contributed by atoms with E-state index in [0.29, 0.717) is 17.7 Å². The third-order valence-electron chi connectivity index (χ3n) is 4.55. The highest BCUT2D eigenvalue weighted by Gasteiger charge is 2.31. The van der Waals surface area contributed by atoms with Crippen molar-refractivity contribution < 1.29 is 9.59 Å². The van der Waals surface area contributed by atoms with Gasteiger partial charge >= 0.3 is 0 Å². The second-order valence-electron chi connectivity index (χ2n) is 6.28. The van der Waals surface area contributed by atoms with Crippen molar-refractivity contribution in [3.8, 4) is 0 Å². The quantitative estimate of drug-likeness (QED) is 0.596. The van der Waals surface area contributed by atoms with Crippen LogP contribution in [0.15, 0.2) is 36.4 Å². The Morgan fingerprint density at radius 3 is 2.12 bits per heavy atom. The van der Waals surface area contributed by atoms with E-state index < -0.39 is 0 Å². The highest BCUT2D eigenvalue weighted by molar-refractivity contribution is 6.25. The number of carbonyl (C=O) groups excluding carboxylic acids is 2. The first-order chi connectivity index (χ1) is 11.7. The van der Waals surface area contributed by atoms with Crippen molar-refractivity contribution in [1.29, 1.82) is 0 Å². The molecular weight excluding hydrogens is 300 g/mol. The van der Waals surface area contributed by atoms with E-state index in [4.69, 9.17) is 0 Å². The fourth-order valence-electron chi connectivity index (χ4n) is 3.27. The third-order valence-corrected chi connectivity index (χ3v) is 4.55. The number of carbonyl (C=O) groups is 2. The largest absolute Gasteiger partial charge is 0.317 e. The Kier molecular flexibility index (Phi) is 5.26. The Morgan fingerprint density at radius 1 is 0.875 bits per heavy atom. The van der Waals surface area contributed by atoms with Crippen molar-refractivity contribution in [1.82, 2.24) is 10.2 Å². The van der Waals surface area contributed by atoms with Crippen molar-refractivity contribution in [3.63, 3.8) is 0 Å². The summed E-state index contributed by atoms with van der Waals surface area (Å²) in [6, 6.07) is 11.3. The van der Waals surface area contributed by atoms with E-state index in [1.807, 2.05) is 36.4 Å². The van der Waals surface area contributed by atoms with Crippen molar-refractivity contribution in [2.45, 2.75) is 32.6 Å². The molecule has 1 heterocycles. The average Bonchev–Trinajstić information content (AvgIpc) is 2.61. The van der Waals surface area contributed by atoms with Gasteiger partial charge in [0.1, 0.15) is 0 Å². The molecule has 126 valence electrons.